The lowest BCUT2D eigenvalue weighted by Crippen LogP contribution is -2.33. The summed E-state index contributed by atoms with van der Waals surface area (Å²) in [5, 5.41) is 12.2. The van der Waals surface area contributed by atoms with Crippen molar-refractivity contribution in [2.45, 2.75) is 13.8 Å². The van der Waals surface area contributed by atoms with E-state index in [0.29, 0.717) is 18.8 Å². The van der Waals surface area contributed by atoms with E-state index in [1.165, 1.54) is 12.5 Å². The zero-order valence-corrected chi connectivity index (χ0v) is 12.1. The Morgan fingerprint density at radius 2 is 1.81 bits per heavy atom. The molecule has 3 N–H and O–H groups in total. The third kappa shape index (κ3) is 4.17. The largest absolute Gasteiger partial charge is 0.355 e. The maximum absolute atomic E-state index is 11.9. The summed E-state index contributed by atoms with van der Waals surface area (Å²) in [6.45, 7) is 4.23. The normalized spacial score (nSPS) is 10.2. The van der Waals surface area contributed by atoms with E-state index in [9.17, 15) is 9.59 Å². The van der Waals surface area contributed by atoms with Gasteiger partial charge < -0.3 is 10.6 Å². The van der Waals surface area contributed by atoms with E-state index < -0.39 is 0 Å². The van der Waals surface area contributed by atoms with Crippen molar-refractivity contribution in [3.8, 4) is 11.3 Å². The highest BCUT2D eigenvalue weighted by molar-refractivity contribution is 5.93. The van der Waals surface area contributed by atoms with E-state index in [1.54, 1.807) is 6.07 Å². The highest BCUT2D eigenvalue weighted by Crippen LogP contribution is 2.17. The van der Waals surface area contributed by atoms with Crippen LogP contribution in [0.1, 0.15) is 23.0 Å². The van der Waals surface area contributed by atoms with Gasteiger partial charge in [0.05, 0.1) is 5.69 Å². The molecule has 0 fully saturated rings. The van der Waals surface area contributed by atoms with Gasteiger partial charge in [-0.15, -0.1) is 0 Å². The number of carbonyl (C=O) groups excluding carboxylic acids is 2. The zero-order chi connectivity index (χ0) is 15.2. The second kappa shape index (κ2) is 6.69. The lowest BCUT2D eigenvalue weighted by molar-refractivity contribution is -0.118. The molecule has 6 nitrogen and oxygen atoms in total. The Morgan fingerprint density at radius 3 is 2.48 bits per heavy atom. The molecule has 0 saturated heterocycles. The van der Waals surface area contributed by atoms with Gasteiger partial charge in [-0.25, -0.2) is 0 Å². The summed E-state index contributed by atoms with van der Waals surface area (Å²) in [6.07, 6.45) is 0. The molecule has 0 unspecified atom stereocenters. The Hall–Kier alpha value is -2.63. The predicted molar refractivity (Wildman–Crippen MR) is 79.8 cm³/mol. The first-order valence-electron chi connectivity index (χ1n) is 6.71. The molecule has 0 aliphatic heterocycles. The molecular weight excluding hydrogens is 268 g/mol. The van der Waals surface area contributed by atoms with Gasteiger partial charge in [-0.2, -0.15) is 5.10 Å². The summed E-state index contributed by atoms with van der Waals surface area (Å²) >= 11 is 0. The molecule has 21 heavy (non-hydrogen) atoms. The Labute approximate surface area is 122 Å². The number of hydrogen-bond donors (Lipinski definition) is 3. The van der Waals surface area contributed by atoms with E-state index in [0.717, 1.165) is 11.3 Å². The van der Waals surface area contributed by atoms with Crippen LogP contribution < -0.4 is 10.6 Å². The van der Waals surface area contributed by atoms with Crippen LogP contribution in [0.15, 0.2) is 30.3 Å². The molecule has 110 valence electrons. The number of aromatic nitrogens is 2. The number of rotatable bonds is 5. The zero-order valence-electron chi connectivity index (χ0n) is 12.1. The van der Waals surface area contributed by atoms with Gasteiger partial charge in [0.1, 0.15) is 5.69 Å². The van der Waals surface area contributed by atoms with Crippen molar-refractivity contribution in [2.75, 3.05) is 13.1 Å². The van der Waals surface area contributed by atoms with Gasteiger partial charge in [-0.1, -0.05) is 29.8 Å². The number of benzene rings is 1. The van der Waals surface area contributed by atoms with Crippen LogP contribution in [0.5, 0.6) is 0 Å². The summed E-state index contributed by atoms with van der Waals surface area (Å²) in [7, 11) is 0. The molecule has 0 spiro atoms. The minimum atomic E-state index is -0.244. The third-order valence-corrected chi connectivity index (χ3v) is 2.95. The number of nitrogens with zero attached hydrogens (tertiary/aromatic N) is 1. The van der Waals surface area contributed by atoms with Gasteiger partial charge in [-0.3, -0.25) is 14.7 Å². The fourth-order valence-electron chi connectivity index (χ4n) is 1.82. The molecule has 0 radical (unpaired) electrons. The highest BCUT2D eigenvalue weighted by Gasteiger charge is 2.10. The second-order valence-corrected chi connectivity index (χ2v) is 4.77. The van der Waals surface area contributed by atoms with E-state index in [-0.39, 0.29) is 11.8 Å². The van der Waals surface area contributed by atoms with Gasteiger partial charge in [0.2, 0.25) is 5.91 Å². The number of nitrogens with one attached hydrogen (secondary N) is 3. The van der Waals surface area contributed by atoms with Gasteiger partial charge in [-0.05, 0) is 13.0 Å². The molecule has 1 aromatic heterocycles. The summed E-state index contributed by atoms with van der Waals surface area (Å²) in [5.74, 6) is -0.362. The average Bonchev–Trinajstić information content (AvgIpc) is 2.94. The maximum Gasteiger partial charge on any atom is 0.269 e. The standard InChI is InChI=1S/C15H18N4O2/c1-10-3-5-12(6-4-10)13-9-14(19-18-13)15(21)17-8-7-16-11(2)20/h3-6,9H,7-8H2,1-2H3,(H,16,20)(H,17,21)(H,18,19). The molecule has 6 heteroatoms. The van der Waals surface area contributed by atoms with Crippen molar-refractivity contribution in [1.82, 2.24) is 20.8 Å². The van der Waals surface area contributed by atoms with Crippen molar-refractivity contribution < 1.29 is 9.59 Å². The Morgan fingerprint density at radius 1 is 1.14 bits per heavy atom. The minimum absolute atomic E-state index is 0.118. The second-order valence-electron chi connectivity index (χ2n) is 4.77. The Balaban J connectivity index is 1.94. The maximum atomic E-state index is 11.9. The lowest BCUT2D eigenvalue weighted by Gasteiger charge is -2.03. The molecule has 1 aromatic carbocycles. The van der Waals surface area contributed by atoms with Gasteiger partial charge in [0, 0.05) is 25.6 Å². The van der Waals surface area contributed by atoms with Crippen molar-refractivity contribution >= 4 is 11.8 Å². The molecule has 0 aliphatic carbocycles. The molecule has 2 amide bonds. The summed E-state index contributed by atoms with van der Waals surface area (Å²) in [6, 6.07) is 9.63. The van der Waals surface area contributed by atoms with Crippen LogP contribution in [0.4, 0.5) is 0 Å². The third-order valence-electron chi connectivity index (χ3n) is 2.95. The monoisotopic (exact) mass is 286 g/mol. The predicted octanol–water partition coefficient (Wildman–Crippen LogP) is 1.25. The Bertz CT molecular complexity index is 631. The molecular formula is C15H18N4O2. The molecule has 1 heterocycles. The van der Waals surface area contributed by atoms with Crippen LogP contribution in [0.3, 0.4) is 0 Å². The molecule has 0 atom stereocenters. The molecule has 0 bridgehead atoms. The fraction of sp³-hybridized carbons (Fsp3) is 0.267. The van der Waals surface area contributed by atoms with Crippen LogP contribution in [-0.4, -0.2) is 35.1 Å². The first-order chi connectivity index (χ1) is 10.1. The summed E-state index contributed by atoms with van der Waals surface area (Å²) in [5.41, 5.74) is 3.25. The van der Waals surface area contributed by atoms with Crippen molar-refractivity contribution in [3.05, 3.63) is 41.6 Å². The number of H-pyrrole nitrogens is 1. The molecule has 0 saturated carbocycles. The van der Waals surface area contributed by atoms with Crippen LogP contribution in [-0.2, 0) is 4.79 Å². The van der Waals surface area contributed by atoms with E-state index in [4.69, 9.17) is 0 Å². The van der Waals surface area contributed by atoms with E-state index >= 15 is 0 Å². The van der Waals surface area contributed by atoms with Crippen molar-refractivity contribution in [1.29, 1.82) is 0 Å². The first kappa shape index (κ1) is 14.8. The van der Waals surface area contributed by atoms with Crippen LogP contribution in [0.25, 0.3) is 11.3 Å². The number of hydrogen-bond acceptors (Lipinski definition) is 3. The average molecular weight is 286 g/mol. The van der Waals surface area contributed by atoms with E-state index in [2.05, 4.69) is 20.8 Å². The summed E-state index contributed by atoms with van der Waals surface area (Å²) < 4.78 is 0. The van der Waals surface area contributed by atoms with E-state index in [1.807, 2.05) is 31.2 Å². The number of amides is 2. The number of aromatic amines is 1. The van der Waals surface area contributed by atoms with Crippen LogP contribution >= 0.6 is 0 Å². The SMILES string of the molecule is CC(=O)NCCNC(=O)c1cc(-c2ccc(C)cc2)n[nH]1. The van der Waals surface area contributed by atoms with Crippen molar-refractivity contribution in [2.24, 2.45) is 0 Å². The van der Waals surface area contributed by atoms with Gasteiger partial charge in [0.15, 0.2) is 0 Å². The smallest absolute Gasteiger partial charge is 0.269 e. The number of carbonyl (C=O) groups is 2. The minimum Gasteiger partial charge on any atom is -0.355 e. The summed E-state index contributed by atoms with van der Waals surface area (Å²) in [4.78, 5) is 22.6. The molecule has 2 rings (SSSR count). The van der Waals surface area contributed by atoms with Crippen LogP contribution in [0.2, 0.25) is 0 Å². The topological polar surface area (TPSA) is 86.9 Å². The van der Waals surface area contributed by atoms with Gasteiger partial charge >= 0.3 is 0 Å². The highest BCUT2D eigenvalue weighted by atomic mass is 16.2. The fourth-order valence-corrected chi connectivity index (χ4v) is 1.82. The van der Waals surface area contributed by atoms with Gasteiger partial charge in [0.25, 0.3) is 5.91 Å². The quantitative estimate of drug-likeness (QED) is 0.723. The molecule has 2 aromatic rings. The lowest BCUT2D eigenvalue weighted by atomic mass is 10.1. The first-order valence-corrected chi connectivity index (χ1v) is 6.71. The number of aryl methyl sites for hydroxylation is 1. The Kier molecular flexibility index (Phi) is 4.71. The van der Waals surface area contributed by atoms with Crippen LogP contribution in [0, 0.1) is 6.92 Å². The molecule has 0 aliphatic rings. The van der Waals surface area contributed by atoms with Crippen molar-refractivity contribution in [3.63, 3.8) is 0 Å².